The Morgan fingerprint density at radius 1 is 1.03 bits per heavy atom. The normalized spacial score (nSPS) is 15.1. The number of anilines is 1. The van der Waals surface area contributed by atoms with E-state index in [1.807, 2.05) is 6.07 Å². The zero-order valence-electron chi connectivity index (χ0n) is 17.7. The van der Waals surface area contributed by atoms with Gasteiger partial charge in [0.2, 0.25) is 5.95 Å². The molecule has 0 radical (unpaired) electrons. The summed E-state index contributed by atoms with van der Waals surface area (Å²) in [6.07, 6.45) is 5.63. The summed E-state index contributed by atoms with van der Waals surface area (Å²) >= 11 is 0. The quantitative estimate of drug-likeness (QED) is 0.181. The number of rotatable bonds is 12. The van der Waals surface area contributed by atoms with E-state index in [1.54, 1.807) is 26.6 Å². The van der Waals surface area contributed by atoms with Gasteiger partial charge in [0.1, 0.15) is 0 Å². The zero-order chi connectivity index (χ0) is 19.9. The zero-order valence-corrected chi connectivity index (χ0v) is 20.0. The molecule has 0 bridgehead atoms. The highest BCUT2D eigenvalue weighted by atomic mass is 127. The van der Waals surface area contributed by atoms with Crippen LogP contribution in [0.25, 0.3) is 0 Å². The smallest absolute Gasteiger partial charge is 0.225 e. The molecule has 0 saturated carbocycles. The van der Waals surface area contributed by atoms with E-state index >= 15 is 0 Å². The number of aliphatic imine (C=N–C) groups is 1. The van der Waals surface area contributed by atoms with Gasteiger partial charge in [0.15, 0.2) is 5.96 Å². The first-order valence-electron chi connectivity index (χ1n) is 10.1. The van der Waals surface area contributed by atoms with E-state index in [9.17, 15) is 0 Å². The molecule has 0 atom stereocenters. The molecular formula is C19H36IN7O2. The van der Waals surface area contributed by atoms with Crippen LogP contribution in [0.1, 0.15) is 12.8 Å². The minimum absolute atomic E-state index is 0. The molecule has 1 aliphatic heterocycles. The van der Waals surface area contributed by atoms with Gasteiger partial charge in [-0.05, 0) is 25.5 Å². The molecule has 1 aromatic heterocycles. The molecule has 0 aliphatic carbocycles. The number of guanidine groups is 1. The number of hydrogen-bond donors (Lipinski definition) is 2. The molecule has 0 amide bonds. The molecular weight excluding hydrogens is 485 g/mol. The molecule has 9 nitrogen and oxygen atoms in total. The van der Waals surface area contributed by atoms with Crippen molar-refractivity contribution in [2.24, 2.45) is 4.99 Å². The predicted octanol–water partition coefficient (Wildman–Crippen LogP) is 0.825. The fraction of sp³-hybridized carbons (Fsp3) is 0.737. The van der Waals surface area contributed by atoms with Gasteiger partial charge in [0, 0.05) is 72.4 Å². The predicted molar refractivity (Wildman–Crippen MR) is 127 cm³/mol. The van der Waals surface area contributed by atoms with Crippen molar-refractivity contribution in [2.45, 2.75) is 12.8 Å². The highest BCUT2D eigenvalue weighted by molar-refractivity contribution is 14.0. The third-order valence-electron chi connectivity index (χ3n) is 4.56. The van der Waals surface area contributed by atoms with Gasteiger partial charge in [0.05, 0.1) is 13.2 Å². The van der Waals surface area contributed by atoms with Gasteiger partial charge in [-0.15, -0.1) is 24.0 Å². The average Bonchev–Trinajstić information content (AvgIpc) is 2.75. The van der Waals surface area contributed by atoms with Crippen LogP contribution in [-0.4, -0.2) is 101 Å². The average molecular weight is 521 g/mol. The lowest BCUT2D eigenvalue weighted by Crippen LogP contribution is -2.47. The van der Waals surface area contributed by atoms with Gasteiger partial charge in [0.25, 0.3) is 0 Å². The Labute approximate surface area is 191 Å². The highest BCUT2D eigenvalue weighted by Crippen LogP contribution is 2.09. The van der Waals surface area contributed by atoms with Crippen LogP contribution in [0.5, 0.6) is 0 Å². The van der Waals surface area contributed by atoms with E-state index in [2.05, 4.69) is 35.4 Å². The van der Waals surface area contributed by atoms with E-state index in [4.69, 9.17) is 9.47 Å². The van der Waals surface area contributed by atoms with Crippen LogP contribution in [0.4, 0.5) is 5.95 Å². The van der Waals surface area contributed by atoms with Crippen LogP contribution in [0.2, 0.25) is 0 Å². The van der Waals surface area contributed by atoms with Gasteiger partial charge >= 0.3 is 0 Å². The van der Waals surface area contributed by atoms with Crippen molar-refractivity contribution < 1.29 is 9.47 Å². The monoisotopic (exact) mass is 521 g/mol. The van der Waals surface area contributed by atoms with Crippen molar-refractivity contribution in [2.75, 3.05) is 84.7 Å². The maximum atomic E-state index is 5.45. The Morgan fingerprint density at radius 2 is 1.72 bits per heavy atom. The van der Waals surface area contributed by atoms with Crippen LogP contribution in [0, 0.1) is 0 Å². The number of nitrogens with one attached hydrogen (secondary N) is 2. The molecule has 2 N–H and O–H groups in total. The second kappa shape index (κ2) is 16.5. The first-order chi connectivity index (χ1) is 13.8. The van der Waals surface area contributed by atoms with Gasteiger partial charge in [-0.25, -0.2) is 9.97 Å². The fourth-order valence-corrected chi connectivity index (χ4v) is 2.98. The standard InChI is InChI=1S/C19H35N7O2.HI/c1-20-18(22-9-5-15-28-17-16-27-2)21-8-4-10-25-11-13-26(14-12-25)19-23-6-3-7-24-19;/h3,6-7H,4-5,8-17H2,1-2H3,(H2,20,21,22);1H. The fourth-order valence-electron chi connectivity index (χ4n) is 2.98. The number of ether oxygens (including phenoxy) is 2. The van der Waals surface area contributed by atoms with Crippen molar-refractivity contribution >= 4 is 35.9 Å². The Kier molecular flexibility index (Phi) is 14.7. The second-order valence-electron chi connectivity index (χ2n) is 6.62. The SMILES string of the molecule is CN=C(NCCCOCCOC)NCCCN1CCN(c2ncccn2)CC1.I. The van der Waals surface area contributed by atoms with Crippen LogP contribution < -0.4 is 15.5 Å². The van der Waals surface area contributed by atoms with Crippen molar-refractivity contribution in [1.29, 1.82) is 0 Å². The Hall–Kier alpha value is -1.24. The number of methoxy groups -OCH3 is 1. The van der Waals surface area contributed by atoms with Gasteiger partial charge < -0.3 is 25.0 Å². The molecule has 2 rings (SSSR count). The van der Waals surface area contributed by atoms with Crippen LogP contribution in [0.15, 0.2) is 23.5 Å². The van der Waals surface area contributed by atoms with Gasteiger partial charge in [-0.3, -0.25) is 9.89 Å². The van der Waals surface area contributed by atoms with E-state index in [-0.39, 0.29) is 24.0 Å². The molecule has 1 aromatic rings. The maximum absolute atomic E-state index is 5.45. The molecule has 10 heteroatoms. The summed E-state index contributed by atoms with van der Waals surface area (Å²) in [6, 6.07) is 1.85. The van der Waals surface area contributed by atoms with Crippen LogP contribution in [0.3, 0.4) is 0 Å². The molecule has 0 spiro atoms. The van der Waals surface area contributed by atoms with E-state index in [0.717, 1.165) is 77.2 Å². The summed E-state index contributed by atoms with van der Waals surface area (Å²) in [6.45, 7) is 8.92. The Bertz CT molecular complexity index is 543. The largest absolute Gasteiger partial charge is 0.382 e. The van der Waals surface area contributed by atoms with Gasteiger partial charge in [-0.2, -0.15) is 0 Å². The summed E-state index contributed by atoms with van der Waals surface area (Å²) in [4.78, 5) is 17.7. The first-order valence-corrected chi connectivity index (χ1v) is 10.1. The molecule has 1 saturated heterocycles. The molecule has 0 aromatic carbocycles. The topological polar surface area (TPSA) is 87.1 Å². The van der Waals surface area contributed by atoms with Crippen LogP contribution in [-0.2, 0) is 9.47 Å². The van der Waals surface area contributed by atoms with Gasteiger partial charge in [-0.1, -0.05) is 0 Å². The molecule has 1 fully saturated rings. The van der Waals surface area contributed by atoms with Crippen LogP contribution >= 0.6 is 24.0 Å². The first kappa shape index (κ1) is 25.8. The molecule has 29 heavy (non-hydrogen) atoms. The molecule has 2 heterocycles. The minimum Gasteiger partial charge on any atom is -0.382 e. The lowest BCUT2D eigenvalue weighted by Gasteiger charge is -2.34. The number of aromatic nitrogens is 2. The Balaban J connectivity index is 0.00000420. The maximum Gasteiger partial charge on any atom is 0.225 e. The molecule has 0 unspecified atom stereocenters. The molecule has 166 valence electrons. The number of hydrogen-bond acceptors (Lipinski definition) is 7. The van der Waals surface area contributed by atoms with Crippen molar-refractivity contribution in [1.82, 2.24) is 25.5 Å². The van der Waals surface area contributed by atoms with E-state index in [1.165, 1.54) is 0 Å². The summed E-state index contributed by atoms with van der Waals surface area (Å²) in [5.41, 5.74) is 0. The summed E-state index contributed by atoms with van der Waals surface area (Å²) in [7, 11) is 3.48. The lowest BCUT2D eigenvalue weighted by atomic mass is 10.3. The molecule has 1 aliphatic rings. The van der Waals surface area contributed by atoms with Crippen molar-refractivity contribution in [3.63, 3.8) is 0 Å². The third-order valence-corrected chi connectivity index (χ3v) is 4.56. The highest BCUT2D eigenvalue weighted by Gasteiger charge is 2.18. The summed E-state index contributed by atoms with van der Waals surface area (Å²) < 4.78 is 10.4. The Morgan fingerprint density at radius 3 is 2.38 bits per heavy atom. The van der Waals surface area contributed by atoms with E-state index < -0.39 is 0 Å². The second-order valence-corrected chi connectivity index (χ2v) is 6.62. The number of halogens is 1. The third kappa shape index (κ3) is 10.9. The van der Waals surface area contributed by atoms with E-state index in [0.29, 0.717) is 13.2 Å². The number of piperazine rings is 1. The summed E-state index contributed by atoms with van der Waals surface area (Å²) in [5.74, 6) is 1.69. The van der Waals surface area contributed by atoms with Crippen molar-refractivity contribution in [3.05, 3.63) is 18.5 Å². The van der Waals surface area contributed by atoms with Crippen molar-refractivity contribution in [3.8, 4) is 0 Å². The number of nitrogens with zero attached hydrogens (tertiary/aromatic N) is 5. The minimum atomic E-state index is 0. The summed E-state index contributed by atoms with van der Waals surface area (Å²) in [5, 5.41) is 6.69. The lowest BCUT2D eigenvalue weighted by molar-refractivity contribution is 0.0698.